The highest BCUT2D eigenvalue weighted by Gasteiger charge is 2.50. The second-order valence-electron chi connectivity index (χ2n) is 15.5. The van der Waals surface area contributed by atoms with Crippen LogP contribution in [0.15, 0.2) is 6.20 Å². The predicted octanol–water partition coefficient (Wildman–Crippen LogP) is 5.05. The molecule has 3 N–H and O–H groups in total. The van der Waals surface area contributed by atoms with Crippen LogP contribution in [0, 0.1) is 23.0 Å². The summed E-state index contributed by atoms with van der Waals surface area (Å²) in [5.41, 5.74) is 6.31. The maximum atomic E-state index is 17.5. The van der Waals surface area contributed by atoms with Gasteiger partial charge in [-0.05, 0) is 57.2 Å². The number of alkyl halides is 1. The molecule has 4 saturated heterocycles. The summed E-state index contributed by atoms with van der Waals surface area (Å²) in [5, 5.41) is 21.4. The summed E-state index contributed by atoms with van der Waals surface area (Å²) in [6, 6.07) is 2.16. The van der Waals surface area contributed by atoms with E-state index >= 15 is 8.78 Å². The number of fused-ring (bicyclic) bond motifs is 7. The molecule has 0 amide bonds. The molecule has 51 heavy (non-hydrogen) atoms. The van der Waals surface area contributed by atoms with E-state index in [4.69, 9.17) is 25.2 Å². The third-order valence-electron chi connectivity index (χ3n) is 11.4. The molecule has 15 heteroatoms. The van der Waals surface area contributed by atoms with Gasteiger partial charge < -0.3 is 25.2 Å². The van der Waals surface area contributed by atoms with E-state index in [0.29, 0.717) is 54.9 Å². The summed E-state index contributed by atoms with van der Waals surface area (Å²) < 4.78 is 59.7. The number of β-amino-alcohol motifs (C(OH)–C–C–N with tert-alkyl or cyclic N) is 1. The number of nitrogens with two attached hydrogens (primary N) is 1. The molecule has 0 radical (unpaired) electrons. The van der Waals surface area contributed by atoms with E-state index in [-0.39, 0.29) is 75.3 Å². The third kappa shape index (κ3) is 5.24. The Morgan fingerprint density at radius 3 is 2.67 bits per heavy atom. The SMILES string of the molecule is CC(C)(O)CN1CC2CCC(C1)N2c1nc(OC[C@@]23CCCN2C[C@H](F)C3)nc2c(F)c(-c3ncc(F)c4sc(N)c(C#N)c34)c3c(c12)COC3. The van der Waals surface area contributed by atoms with Crippen molar-refractivity contribution in [1.82, 2.24) is 24.8 Å². The van der Waals surface area contributed by atoms with E-state index in [9.17, 15) is 14.8 Å². The van der Waals surface area contributed by atoms with Gasteiger partial charge in [0.15, 0.2) is 11.6 Å². The lowest BCUT2D eigenvalue weighted by Crippen LogP contribution is -2.56. The fourth-order valence-corrected chi connectivity index (χ4v) is 10.5. The van der Waals surface area contributed by atoms with E-state index < -0.39 is 28.9 Å². The van der Waals surface area contributed by atoms with Crippen LogP contribution in [0.5, 0.6) is 6.01 Å². The van der Waals surface area contributed by atoms with Crippen LogP contribution < -0.4 is 15.4 Å². The zero-order chi connectivity index (χ0) is 35.4. The number of nitrogens with zero attached hydrogens (tertiary/aromatic N) is 7. The molecule has 268 valence electrons. The molecule has 1 aromatic carbocycles. The lowest BCUT2D eigenvalue weighted by atomic mass is 9.93. The Kier molecular flexibility index (Phi) is 7.69. The zero-order valence-corrected chi connectivity index (χ0v) is 29.3. The van der Waals surface area contributed by atoms with Crippen molar-refractivity contribution in [2.24, 2.45) is 0 Å². The first kappa shape index (κ1) is 33.1. The van der Waals surface area contributed by atoms with Gasteiger partial charge in [-0.1, -0.05) is 0 Å². The highest BCUT2D eigenvalue weighted by Crippen LogP contribution is 2.48. The van der Waals surface area contributed by atoms with Crippen LogP contribution in [0.2, 0.25) is 0 Å². The van der Waals surface area contributed by atoms with Crippen LogP contribution in [-0.2, 0) is 18.0 Å². The van der Waals surface area contributed by atoms with E-state index in [1.165, 1.54) is 0 Å². The lowest BCUT2D eigenvalue weighted by molar-refractivity contribution is 0.0292. The number of halogens is 3. The summed E-state index contributed by atoms with van der Waals surface area (Å²) in [5.74, 6) is -0.790. The quantitative estimate of drug-likeness (QED) is 0.266. The van der Waals surface area contributed by atoms with Crippen LogP contribution in [0.25, 0.3) is 32.2 Å². The Morgan fingerprint density at radius 1 is 1.16 bits per heavy atom. The zero-order valence-electron chi connectivity index (χ0n) is 28.5. The van der Waals surface area contributed by atoms with Gasteiger partial charge >= 0.3 is 6.01 Å². The van der Waals surface area contributed by atoms with Gasteiger partial charge in [-0.2, -0.15) is 15.2 Å². The Labute approximate surface area is 296 Å². The van der Waals surface area contributed by atoms with Gasteiger partial charge in [0, 0.05) is 55.6 Å². The summed E-state index contributed by atoms with van der Waals surface area (Å²) in [6.07, 6.45) is 3.99. The molecule has 3 aromatic heterocycles. The number of likely N-dealkylation sites (tertiary alicyclic amines) is 1. The molecule has 0 saturated carbocycles. The molecule has 4 atom stereocenters. The first-order valence-corrected chi connectivity index (χ1v) is 18.4. The first-order valence-electron chi connectivity index (χ1n) is 17.6. The average molecular weight is 721 g/mol. The van der Waals surface area contributed by atoms with Crippen LogP contribution >= 0.6 is 11.3 Å². The molecular weight excluding hydrogens is 682 g/mol. The number of piperazine rings is 1. The molecule has 0 spiro atoms. The minimum Gasteiger partial charge on any atom is -0.461 e. The van der Waals surface area contributed by atoms with E-state index in [2.05, 4.69) is 25.8 Å². The summed E-state index contributed by atoms with van der Waals surface area (Å²) in [4.78, 5) is 20.8. The summed E-state index contributed by atoms with van der Waals surface area (Å²) >= 11 is 0.926. The van der Waals surface area contributed by atoms with E-state index in [1.54, 1.807) is 13.8 Å². The summed E-state index contributed by atoms with van der Waals surface area (Å²) in [7, 11) is 0. The van der Waals surface area contributed by atoms with Crippen molar-refractivity contribution in [3.8, 4) is 23.3 Å². The third-order valence-corrected chi connectivity index (χ3v) is 12.5. The molecule has 5 aliphatic rings. The smallest absolute Gasteiger partial charge is 0.319 e. The normalized spacial score (nSPS) is 26.4. The van der Waals surface area contributed by atoms with Crippen LogP contribution in [0.3, 0.4) is 0 Å². The minimum atomic E-state index is -0.940. The minimum absolute atomic E-state index is 0.00206. The van der Waals surface area contributed by atoms with Crippen molar-refractivity contribution in [2.45, 2.75) is 88.6 Å². The Balaban J connectivity index is 1.23. The number of aromatic nitrogens is 3. The molecular formula is C36H39F3N8O3S. The number of anilines is 2. The Bertz CT molecular complexity index is 2120. The Hall–Kier alpha value is -3.81. The molecule has 8 heterocycles. The highest BCUT2D eigenvalue weighted by molar-refractivity contribution is 7.23. The first-order chi connectivity index (χ1) is 24.4. The number of aliphatic hydroxyl groups is 1. The van der Waals surface area contributed by atoms with Gasteiger partial charge in [-0.25, -0.2) is 13.2 Å². The maximum absolute atomic E-state index is 17.5. The van der Waals surface area contributed by atoms with E-state index in [1.807, 2.05) is 0 Å². The van der Waals surface area contributed by atoms with Crippen molar-refractivity contribution in [2.75, 3.05) is 50.0 Å². The largest absolute Gasteiger partial charge is 0.461 e. The fourth-order valence-electron chi connectivity index (χ4n) is 9.54. The second kappa shape index (κ2) is 11.9. The van der Waals surface area contributed by atoms with Gasteiger partial charge in [0.2, 0.25) is 0 Å². The fraction of sp³-hybridized carbons (Fsp3) is 0.556. The molecule has 11 nitrogen and oxygen atoms in total. The molecule has 0 aliphatic carbocycles. The molecule has 2 bridgehead atoms. The number of benzene rings is 1. The molecule has 2 unspecified atom stereocenters. The predicted molar refractivity (Wildman–Crippen MR) is 186 cm³/mol. The van der Waals surface area contributed by atoms with Gasteiger partial charge in [0.1, 0.15) is 35.2 Å². The van der Waals surface area contributed by atoms with Crippen LogP contribution in [-0.4, -0.2) is 98.6 Å². The second-order valence-corrected chi connectivity index (χ2v) is 16.5. The van der Waals surface area contributed by atoms with Gasteiger partial charge in [-0.3, -0.25) is 14.8 Å². The van der Waals surface area contributed by atoms with Crippen molar-refractivity contribution >= 4 is 43.1 Å². The number of nitrogen functional groups attached to an aromatic ring is 1. The highest BCUT2D eigenvalue weighted by atomic mass is 32.1. The van der Waals surface area contributed by atoms with Gasteiger partial charge in [-0.15, -0.1) is 11.3 Å². The number of pyridine rings is 1. The van der Waals surface area contributed by atoms with Crippen LogP contribution in [0.4, 0.5) is 24.0 Å². The number of thiophene rings is 1. The van der Waals surface area contributed by atoms with Crippen molar-refractivity contribution < 1.29 is 27.8 Å². The van der Waals surface area contributed by atoms with Crippen LogP contribution in [0.1, 0.15) is 62.6 Å². The average Bonchev–Trinajstić information content (AvgIpc) is 3.88. The number of hydrogen-bond acceptors (Lipinski definition) is 12. The molecule has 5 aliphatic heterocycles. The van der Waals surface area contributed by atoms with Crippen molar-refractivity contribution in [1.29, 1.82) is 5.26 Å². The summed E-state index contributed by atoms with van der Waals surface area (Å²) in [6.45, 7) is 7.12. The molecule has 4 aromatic rings. The molecule has 4 fully saturated rings. The Morgan fingerprint density at radius 2 is 1.92 bits per heavy atom. The van der Waals surface area contributed by atoms with Crippen molar-refractivity contribution in [3.63, 3.8) is 0 Å². The molecule has 9 rings (SSSR count). The number of hydrogen-bond donors (Lipinski definition) is 2. The number of ether oxygens (including phenoxy) is 2. The number of rotatable bonds is 7. The van der Waals surface area contributed by atoms with E-state index in [0.717, 1.165) is 49.8 Å². The topological polar surface area (TPSA) is 137 Å². The van der Waals surface area contributed by atoms with Gasteiger partial charge in [0.05, 0.1) is 51.9 Å². The maximum Gasteiger partial charge on any atom is 0.319 e. The monoisotopic (exact) mass is 720 g/mol. The van der Waals surface area contributed by atoms with Gasteiger partial charge in [0.25, 0.3) is 0 Å². The van der Waals surface area contributed by atoms with Crippen molar-refractivity contribution in [3.05, 3.63) is 34.5 Å². The lowest BCUT2D eigenvalue weighted by Gasteiger charge is -2.43. The number of nitriles is 1. The standard InChI is InChI=1S/C36H39F3N8O3S/c1-35(2,48)16-45-12-19-4-5-20(13-45)47(19)33-27-23-15-49-14-22(23)25(29-26-21(9-40)32(41)51-31(26)24(38)10-42-29)28(39)30(27)43-34(44-33)50-17-36-6-3-7-46(36)11-18(37)8-36/h10,18-20,48H,3-8,11-17,41H2,1-2H3/t18-,19?,20?,36+/m1/s1.